The van der Waals surface area contributed by atoms with Gasteiger partial charge in [-0.25, -0.2) is 0 Å². The van der Waals surface area contributed by atoms with Crippen LogP contribution in [-0.2, 0) is 11.8 Å². The maximum Gasteiger partial charge on any atom is 0.270 e. The molecule has 3 N–H and O–H groups in total. The van der Waals surface area contributed by atoms with Crippen LogP contribution in [0.4, 0.5) is 5.95 Å². The van der Waals surface area contributed by atoms with Gasteiger partial charge in [0.25, 0.3) is 5.95 Å². The van der Waals surface area contributed by atoms with Crippen molar-refractivity contribution in [2.75, 3.05) is 11.9 Å². The lowest BCUT2D eigenvalue weighted by Crippen LogP contribution is -2.33. The number of hydrogen-bond donors (Lipinski definition) is 2. The molecule has 1 unspecified atom stereocenters. The molecule has 84 valence electrons. The van der Waals surface area contributed by atoms with E-state index in [1.54, 1.807) is 7.05 Å². The zero-order valence-electron chi connectivity index (χ0n) is 9.14. The molecule has 0 aliphatic heterocycles. The number of tetrazole rings is 1. The van der Waals surface area contributed by atoms with Crippen molar-refractivity contribution in [2.24, 2.45) is 24.6 Å². The number of amides is 1. The summed E-state index contributed by atoms with van der Waals surface area (Å²) in [5, 5.41) is 13.7. The van der Waals surface area contributed by atoms with E-state index in [1.165, 1.54) is 4.80 Å². The molecule has 1 atom stereocenters. The number of nitrogens with two attached hydrogens (primary N) is 1. The van der Waals surface area contributed by atoms with E-state index in [0.29, 0.717) is 6.54 Å². The number of nitrogens with one attached hydrogen (secondary N) is 1. The third-order valence-electron chi connectivity index (χ3n) is 2.14. The van der Waals surface area contributed by atoms with E-state index in [0.717, 1.165) is 0 Å². The van der Waals surface area contributed by atoms with Gasteiger partial charge < -0.3 is 5.73 Å². The Morgan fingerprint density at radius 2 is 2.27 bits per heavy atom. The van der Waals surface area contributed by atoms with Crippen molar-refractivity contribution in [2.45, 2.75) is 13.8 Å². The Kier molecular flexibility index (Phi) is 3.73. The quantitative estimate of drug-likeness (QED) is 0.693. The van der Waals surface area contributed by atoms with Crippen LogP contribution in [0.5, 0.6) is 0 Å². The summed E-state index contributed by atoms with van der Waals surface area (Å²) in [5.41, 5.74) is 5.51. The largest absolute Gasteiger partial charge is 0.330 e. The lowest BCUT2D eigenvalue weighted by Gasteiger charge is -2.16. The van der Waals surface area contributed by atoms with Gasteiger partial charge >= 0.3 is 0 Å². The Morgan fingerprint density at radius 3 is 2.67 bits per heavy atom. The molecule has 0 aliphatic rings. The highest BCUT2D eigenvalue weighted by Crippen LogP contribution is 2.10. The first kappa shape index (κ1) is 11.6. The minimum absolute atomic E-state index is 0.166. The van der Waals surface area contributed by atoms with Crippen molar-refractivity contribution < 1.29 is 4.79 Å². The summed E-state index contributed by atoms with van der Waals surface area (Å²) in [5.74, 6) is 0.00239. The summed E-state index contributed by atoms with van der Waals surface area (Å²) in [6.07, 6.45) is 0. The van der Waals surface area contributed by atoms with E-state index >= 15 is 0 Å². The van der Waals surface area contributed by atoms with E-state index in [-0.39, 0.29) is 23.7 Å². The SMILES string of the molecule is CC(C)C(CN)C(=O)Nc1nnn(C)n1. The summed E-state index contributed by atoms with van der Waals surface area (Å²) in [7, 11) is 1.63. The normalized spacial score (nSPS) is 12.9. The number of nitrogens with zero attached hydrogens (tertiary/aromatic N) is 4. The second kappa shape index (κ2) is 4.83. The summed E-state index contributed by atoms with van der Waals surface area (Å²) in [4.78, 5) is 13.0. The molecule has 0 radical (unpaired) electrons. The number of carbonyl (C=O) groups is 1. The Balaban J connectivity index is 2.62. The Hall–Kier alpha value is -1.50. The zero-order chi connectivity index (χ0) is 11.4. The average molecular weight is 212 g/mol. The predicted molar refractivity (Wildman–Crippen MR) is 54.8 cm³/mol. The van der Waals surface area contributed by atoms with Gasteiger partial charge in [-0.2, -0.15) is 4.80 Å². The van der Waals surface area contributed by atoms with Crippen LogP contribution in [-0.4, -0.2) is 32.7 Å². The van der Waals surface area contributed by atoms with Gasteiger partial charge in [0.05, 0.1) is 13.0 Å². The number of aromatic nitrogens is 4. The van der Waals surface area contributed by atoms with Crippen LogP contribution in [0.2, 0.25) is 0 Å². The average Bonchev–Trinajstić information content (AvgIpc) is 2.51. The fourth-order valence-electron chi connectivity index (χ4n) is 1.22. The van der Waals surface area contributed by atoms with Crippen LogP contribution in [0.25, 0.3) is 0 Å². The maximum atomic E-state index is 11.7. The second-order valence-corrected chi connectivity index (χ2v) is 3.68. The van der Waals surface area contributed by atoms with Gasteiger partial charge in [0.15, 0.2) is 0 Å². The summed E-state index contributed by atoms with van der Waals surface area (Å²) < 4.78 is 0. The number of rotatable bonds is 4. The fourth-order valence-corrected chi connectivity index (χ4v) is 1.22. The number of anilines is 1. The molecular weight excluding hydrogens is 196 g/mol. The highest BCUT2D eigenvalue weighted by atomic mass is 16.2. The lowest BCUT2D eigenvalue weighted by atomic mass is 9.95. The first-order valence-corrected chi connectivity index (χ1v) is 4.79. The standard InChI is InChI=1S/C8H16N6O/c1-5(2)6(4-9)7(15)10-8-11-13-14(3)12-8/h5-6H,4,9H2,1-3H3,(H,10,12,15). The van der Waals surface area contributed by atoms with Crippen LogP contribution >= 0.6 is 0 Å². The van der Waals surface area contributed by atoms with Crippen LogP contribution in [0, 0.1) is 11.8 Å². The molecule has 7 heteroatoms. The van der Waals surface area contributed by atoms with Crippen LogP contribution in [0.1, 0.15) is 13.8 Å². The summed E-state index contributed by atoms with van der Waals surface area (Å²) in [6, 6.07) is 0. The Morgan fingerprint density at radius 1 is 1.60 bits per heavy atom. The first-order chi connectivity index (χ1) is 7.04. The maximum absolute atomic E-state index is 11.7. The molecule has 0 bridgehead atoms. The van der Waals surface area contributed by atoms with Crippen molar-refractivity contribution in [1.29, 1.82) is 0 Å². The molecule has 1 aromatic heterocycles. The van der Waals surface area contributed by atoms with E-state index in [4.69, 9.17) is 5.73 Å². The van der Waals surface area contributed by atoms with Crippen LogP contribution in [0.3, 0.4) is 0 Å². The van der Waals surface area contributed by atoms with Gasteiger partial charge in [-0.05, 0) is 11.1 Å². The van der Waals surface area contributed by atoms with Gasteiger partial charge in [0.2, 0.25) is 5.91 Å². The Bertz CT molecular complexity index is 334. The minimum atomic E-state index is -0.228. The molecule has 1 rings (SSSR count). The highest BCUT2D eigenvalue weighted by Gasteiger charge is 2.21. The van der Waals surface area contributed by atoms with Gasteiger partial charge in [0.1, 0.15) is 0 Å². The third-order valence-corrected chi connectivity index (χ3v) is 2.14. The first-order valence-electron chi connectivity index (χ1n) is 4.79. The van der Waals surface area contributed by atoms with E-state index in [1.807, 2.05) is 13.8 Å². The minimum Gasteiger partial charge on any atom is -0.330 e. The smallest absolute Gasteiger partial charge is 0.270 e. The van der Waals surface area contributed by atoms with Gasteiger partial charge in [-0.3, -0.25) is 10.1 Å². The number of hydrogen-bond acceptors (Lipinski definition) is 5. The van der Waals surface area contributed by atoms with Crippen molar-refractivity contribution >= 4 is 11.9 Å². The molecule has 0 saturated carbocycles. The molecule has 7 nitrogen and oxygen atoms in total. The molecule has 1 amide bonds. The highest BCUT2D eigenvalue weighted by molar-refractivity contribution is 5.91. The number of aryl methyl sites for hydroxylation is 1. The van der Waals surface area contributed by atoms with Crippen molar-refractivity contribution in [3.63, 3.8) is 0 Å². The zero-order valence-corrected chi connectivity index (χ0v) is 9.14. The fraction of sp³-hybridized carbons (Fsp3) is 0.750. The Labute approximate surface area is 88.0 Å². The number of carbonyl (C=O) groups excluding carboxylic acids is 1. The molecule has 1 aromatic rings. The molecule has 0 aliphatic carbocycles. The third kappa shape index (κ3) is 2.98. The topological polar surface area (TPSA) is 98.7 Å². The molecule has 1 heterocycles. The van der Waals surface area contributed by atoms with Crippen molar-refractivity contribution in [1.82, 2.24) is 20.2 Å². The van der Waals surface area contributed by atoms with E-state index in [9.17, 15) is 4.79 Å². The van der Waals surface area contributed by atoms with Gasteiger partial charge in [0, 0.05) is 6.54 Å². The molecule has 15 heavy (non-hydrogen) atoms. The van der Waals surface area contributed by atoms with Crippen LogP contribution in [0.15, 0.2) is 0 Å². The molecule has 0 fully saturated rings. The van der Waals surface area contributed by atoms with Crippen molar-refractivity contribution in [3.05, 3.63) is 0 Å². The van der Waals surface area contributed by atoms with E-state index < -0.39 is 0 Å². The molecule has 0 spiro atoms. The predicted octanol–water partition coefficient (Wildman–Crippen LogP) is -0.620. The summed E-state index contributed by atoms with van der Waals surface area (Å²) >= 11 is 0. The lowest BCUT2D eigenvalue weighted by molar-refractivity contribution is -0.120. The van der Waals surface area contributed by atoms with Crippen LogP contribution < -0.4 is 11.1 Å². The molecule has 0 aromatic carbocycles. The van der Waals surface area contributed by atoms with Gasteiger partial charge in [-0.15, -0.1) is 5.10 Å². The van der Waals surface area contributed by atoms with Crippen molar-refractivity contribution in [3.8, 4) is 0 Å². The van der Waals surface area contributed by atoms with Gasteiger partial charge in [-0.1, -0.05) is 18.9 Å². The monoisotopic (exact) mass is 212 g/mol. The summed E-state index contributed by atoms with van der Waals surface area (Å²) in [6.45, 7) is 4.20. The molecule has 0 saturated heterocycles. The van der Waals surface area contributed by atoms with E-state index in [2.05, 4.69) is 20.7 Å². The molecular formula is C8H16N6O. The second-order valence-electron chi connectivity index (χ2n) is 3.68.